The second kappa shape index (κ2) is 6.04. The maximum Gasteiger partial charge on any atom is 0.328 e. The monoisotopic (exact) mass is 264 g/mol. The largest absolute Gasteiger partial charge is 0.492 e. The van der Waals surface area contributed by atoms with Gasteiger partial charge in [0.25, 0.3) is 0 Å². The van der Waals surface area contributed by atoms with E-state index in [1.54, 1.807) is 38.1 Å². The molecular formula is C14H16O5. The zero-order valence-electron chi connectivity index (χ0n) is 10.8. The Labute approximate surface area is 111 Å². The number of rotatable bonds is 6. The highest BCUT2D eigenvalue weighted by Gasteiger charge is 2.28. The smallest absolute Gasteiger partial charge is 0.328 e. The summed E-state index contributed by atoms with van der Waals surface area (Å²) in [6.07, 6.45) is 2.41. The fourth-order valence-electron chi connectivity index (χ4n) is 1.23. The minimum Gasteiger partial charge on any atom is -0.492 e. The van der Waals surface area contributed by atoms with Crippen LogP contribution >= 0.6 is 0 Å². The molecule has 0 heterocycles. The normalized spacial score (nSPS) is 11.5. The van der Waals surface area contributed by atoms with E-state index >= 15 is 0 Å². The quantitative estimate of drug-likeness (QED) is 0.770. The number of hydrogen-bond acceptors (Lipinski definition) is 3. The predicted octanol–water partition coefficient (Wildman–Crippen LogP) is 2.27. The van der Waals surface area contributed by atoms with Crippen molar-refractivity contribution < 1.29 is 24.5 Å². The van der Waals surface area contributed by atoms with Crippen LogP contribution in [0.25, 0.3) is 6.08 Å². The van der Waals surface area contributed by atoms with Crippen LogP contribution in [-0.4, -0.2) is 28.8 Å². The molecule has 0 amide bonds. The Morgan fingerprint density at radius 3 is 2.47 bits per heavy atom. The van der Waals surface area contributed by atoms with E-state index in [4.69, 9.17) is 14.9 Å². The molecule has 0 saturated heterocycles. The molecular weight excluding hydrogens is 248 g/mol. The number of carboxylic acids is 2. The first kappa shape index (κ1) is 14.8. The van der Waals surface area contributed by atoms with Gasteiger partial charge < -0.3 is 14.9 Å². The van der Waals surface area contributed by atoms with E-state index in [1.165, 1.54) is 6.08 Å². The molecule has 0 radical (unpaired) electrons. The molecule has 0 spiro atoms. The summed E-state index contributed by atoms with van der Waals surface area (Å²) in [6.45, 7) is 3.12. The van der Waals surface area contributed by atoms with Crippen molar-refractivity contribution in [1.29, 1.82) is 0 Å². The average Bonchev–Trinajstić information content (AvgIpc) is 2.34. The van der Waals surface area contributed by atoms with E-state index in [0.717, 1.165) is 6.08 Å². The molecule has 0 aromatic heterocycles. The Hall–Kier alpha value is -2.30. The van der Waals surface area contributed by atoms with Gasteiger partial charge in [-0.1, -0.05) is 18.2 Å². The second-order valence-corrected chi connectivity index (χ2v) is 4.69. The van der Waals surface area contributed by atoms with E-state index in [1.807, 2.05) is 0 Å². The summed E-state index contributed by atoms with van der Waals surface area (Å²) >= 11 is 0. The van der Waals surface area contributed by atoms with Crippen LogP contribution in [-0.2, 0) is 9.59 Å². The Morgan fingerprint density at radius 1 is 1.26 bits per heavy atom. The minimum absolute atomic E-state index is 0.000256. The summed E-state index contributed by atoms with van der Waals surface area (Å²) in [7, 11) is 0. The number of hydrogen-bond donors (Lipinski definition) is 2. The van der Waals surface area contributed by atoms with E-state index in [2.05, 4.69) is 0 Å². The molecule has 0 unspecified atom stereocenters. The van der Waals surface area contributed by atoms with Crippen LogP contribution < -0.4 is 4.74 Å². The van der Waals surface area contributed by atoms with Crippen LogP contribution in [0.3, 0.4) is 0 Å². The third kappa shape index (κ3) is 4.46. The Kier molecular flexibility index (Phi) is 4.69. The first-order valence-electron chi connectivity index (χ1n) is 5.69. The van der Waals surface area contributed by atoms with Crippen molar-refractivity contribution in [3.8, 4) is 5.75 Å². The zero-order valence-corrected chi connectivity index (χ0v) is 10.8. The molecule has 0 fully saturated rings. The van der Waals surface area contributed by atoms with Crippen molar-refractivity contribution in [2.45, 2.75) is 13.8 Å². The lowest BCUT2D eigenvalue weighted by Gasteiger charge is -2.20. The van der Waals surface area contributed by atoms with Crippen LogP contribution in [0, 0.1) is 5.41 Å². The van der Waals surface area contributed by atoms with Gasteiger partial charge in [-0.3, -0.25) is 4.79 Å². The standard InChI is InChI=1S/C14H16O5/c1-14(2,13(17)18)9-19-11-6-4-3-5-10(11)7-8-12(15)16/h3-8H,9H2,1-2H3,(H,15,16)(H,17,18). The summed E-state index contributed by atoms with van der Waals surface area (Å²) in [4.78, 5) is 21.5. The molecule has 0 aliphatic heterocycles. The Balaban J connectivity index is 2.84. The number of benzene rings is 1. The van der Waals surface area contributed by atoms with Crippen LogP contribution in [0.1, 0.15) is 19.4 Å². The SMILES string of the molecule is CC(C)(COc1ccccc1C=CC(=O)O)C(=O)O. The first-order valence-corrected chi connectivity index (χ1v) is 5.69. The predicted molar refractivity (Wildman–Crippen MR) is 70.0 cm³/mol. The molecule has 19 heavy (non-hydrogen) atoms. The van der Waals surface area contributed by atoms with E-state index < -0.39 is 17.4 Å². The number of para-hydroxylation sites is 1. The highest BCUT2D eigenvalue weighted by Crippen LogP contribution is 2.23. The number of ether oxygens (including phenoxy) is 1. The van der Waals surface area contributed by atoms with E-state index in [9.17, 15) is 9.59 Å². The maximum absolute atomic E-state index is 11.0. The summed E-state index contributed by atoms with van der Waals surface area (Å²) in [5.41, 5.74) is -0.421. The fourth-order valence-corrected chi connectivity index (χ4v) is 1.23. The number of carbonyl (C=O) groups is 2. The minimum atomic E-state index is -1.05. The topological polar surface area (TPSA) is 83.8 Å². The van der Waals surface area contributed by atoms with Gasteiger partial charge in [0.1, 0.15) is 12.4 Å². The van der Waals surface area contributed by atoms with Gasteiger partial charge in [0.2, 0.25) is 0 Å². The molecule has 0 atom stereocenters. The molecule has 102 valence electrons. The van der Waals surface area contributed by atoms with Crippen molar-refractivity contribution in [1.82, 2.24) is 0 Å². The number of aliphatic carboxylic acids is 2. The summed E-state index contributed by atoms with van der Waals surface area (Å²) < 4.78 is 5.47. The van der Waals surface area contributed by atoms with Gasteiger partial charge in [0.15, 0.2) is 0 Å². The molecule has 5 heteroatoms. The lowest BCUT2D eigenvalue weighted by molar-refractivity contribution is -0.148. The highest BCUT2D eigenvalue weighted by atomic mass is 16.5. The molecule has 1 aromatic rings. The summed E-state index contributed by atoms with van der Waals surface area (Å²) in [5.74, 6) is -1.55. The molecule has 1 aromatic carbocycles. The lowest BCUT2D eigenvalue weighted by atomic mass is 9.95. The van der Waals surface area contributed by atoms with Crippen molar-refractivity contribution >= 4 is 18.0 Å². The van der Waals surface area contributed by atoms with Crippen LogP contribution in [0.15, 0.2) is 30.3 Å². The van der Waals surface area contributed by atoms with Gasteiger partial charge in [-0.15, -0.1) is 0 Å². The molecule has 5 nitrogen and oxygen atoms in total. The molecule has 0 bridgehead atoms. The van der Waals surface area contributed by atoms with Crippen molar-refractivity contribution in [2.75, 3.05) is 6.61 Å². The lowest BCUT2D eigenvalue weighted by Crippen LogP contribution is -2.30. The molecule has 2 N–H and O–H groups in total. The van der Waals surface area contributed by atoms with Gasteiger partial charge >= 0.3 is 11.9 Å². The first-order chi connectivity index (χ1) is 8.83. The second-order valence-electron chi connectivity index (χ2n) is 4.69. The van der Waals surface area contributed by atoms with Crippen molar-refractivity contribution in [2.24, 2.45) is 5.41 Å². The van der Waals surface area contributed by atoms with Gasteiger partial charge in [-0.05, 0) is 26.0 Å². The van der Waals surface area contributed by atoms with E-state index in [0.29, 0.717) is 11.3 Å². The van der Waals surface area contributed by atoms with E-state index in [-0.39, 0.29) is 6.61 Å². The van der Waals surface area contributed by atoms with Crippen LogP contribution in [0.5, 0.6) is 5.75 Å². The third-order valence-corrected chi connectivity index (χ3v) is 2.49. The molecule has 0 saturated carbocycles. The Morgan fingerprint density at radius 2 is 1.89 bits per heavy atom. The van der Waals surface area contributed by atoms with Crippen LogP contribution in [0.4, 0.5) is 0 Å². The Bertz CT molecular complexity index is 502. The summed E-state index contributed by atoms with van der Waals surface area (Å²) in [6, 6.07) is 6.85. The molecule has 0 aliphatic carbocycles. The molecule has 0 aliphatic rings. The van der Waals surface area contributed by atoms with Crippen molar-refractivity contribution in [3.05, 3.63) is 35.9 Å². The van der Waals surface area contributed by atoms with Gasteiger partial charge in [0, 0.05) is 11.6 Å². The third-order valence-electron chi connectivity index (χ3n) is 2.49. The summed E-state index contributed by atoms with van der Waals surface area (Å²) in [5, 5.41) is 17.6. The average molecular weight is 264 g/mol. The van der Waals surface area contributed by atoms with Gasteiger partial charge in [-0.2, -0.15) is 0 Å². The van der Waals surface area contributed by atoms with Crippen molar-refractivity contribution in [3.63, 3.8) is 0 Å². The van der Waals surface area contributed by atoms with Gasteiger partial charge in [-0.25, -0.2) is 4.79 Å². The maximum atomic E-state index is 11.0. The fraction of sp³-hybridized carbons (Fsp3) is 0.286. The zero-order chi connectivity index (χ0) is 14.5. The molecule has 1 rings (SSSR count). The van der Waals surface area contributed by atoms with Gasteiger partial charge in [0.05, 0.1) is 5.41 Å². The highest BCUT2D eigenvalue weighted by molar-refractivity contribution is 5.85. The number of carboxylic acid groups (broad SMARTS) is 2. The van der Waals surface area contributed by atoms with Crippen LogP contribution in [0.2, 0.25) is 0 Å².